The van der Waals surface area contributed by atoms with Crippen molar-refractivity contribution in [3.63, 3.8) is 0 Å². The van der Waals surface area contributed by atoms with Gasteiger partial charge in [0.25, 0.3) is 0 Å². The number of anilines is 1. The average molecular weight is 505 g/mol. The van der Waals surface area contributed by atoms with Gasteiger partial charge in [0, 0.05) is 48.4 Å². The number of nitrogens with one attached hydrogen (secondary N) is 1. The third kappa shape index (κ3) is 5.60. The number of benzene rings is 2. The highest BCUT2D eigenvalue weighted by Gasteiger charge is 2.20. The molecule has 1 N–H and O–H groups in total. The minimum absolute atomic E-state index is 0.669. The van der Waals surface area contributed by atoms with Gasteiger partial charge in [0.1, 0.15) is 0 Å². The van der Waals surface area contributed by atoms with Crippen LogP contribution in [0, 0.1) is 0 Å². The maximum atomic E-state index is 6.06. The molecule has 1 aromatic heterocycles. The van der Waals surface area contributed by atoms with Gasteiger partial charge in [0.05, 0.1) is 18.4 Å². The zero-order valence-corrected chi connectivity index (χ0v) is 19.6. The highest BCUT2D eigenvalue weighted by Crippen LogP contribution is 2.19. The van der Waals surface area contributed by atoms with Crippen LogP contribution in [0.15, 0.2) is 65.4 Å². The van der Waals surface area contributed by atoms with Gasteiger partial charge in [0.15, 0.2) is 5.11 Å². The Hall–Kier alpha value is -1.93. The van der Waals surface area contributed by atoms with Crippen LogP contribution >= 0.6 is 39.7 Å². The highest BCUT2D eigenvalue weighted by atomic mass is 79.9. The molecule has 0 unspecified atom stereocenters. The third-order valence-electron chi connectivity index (χ3n) is 5.13. The molecule has 0 saturated carbocycles. The molecule has 2 aromatic carbocycles. The Kier molecular flexibility index (Phi) is 7.04. The number of hydrogen-bond donors (Lipinski definition) is 1. The molecule has 4 rings (SSSR count). The van der Waals surface area contributed by atoms with E-state index in [9.17, 15) is 0 Å². The second kappa shape index (κ2) is 9.92. The summed E-state index contributed by atoms with van der Waals surface area (Å²) in [6, 6.07) is 16.2. The van der Waals surface area contributed by atoms with E-state index in [2.05, 4.69) is 54.3 Å². The maximum Gasteiger partial charge on any atom is 0.173 e. The standard InChI is InChI=1S/C22H23BrClN5S/c23-21-7-2-1-5-18(21)15-27-8-10-28(11-9-27)22(30)26-20-13-25-29(16-20)14-17-4-3-6-19(24)12-17/h1-7,12-13,16H,8-11,14-15H2,(H,26,30). The number of thiocarbonyl (C=S) groups is 1. The van der Waals surface area contributed by atoms with Crippen molar-refractivity contribution in [2.45, 2.75) is 13.1 Å². The van der Waals surface area contributed by atoms with Crippen LogP contribution in [0.25, 0.3) is 0 Å². The Labute approximate surface area is 195 Å². The smallest absolute Gasteiger partial charge is 0.173 e. The molecule has 0 spiro atoms. The van der Waals surface area contributed by atoms with Gasteiger partial charge in [-0.1, -0.05) is 57.9 Å². The van der Waals surface area contributed by atoms with Crippen molar-refractivity contribution < 1.29 is 0 Å². The largest absolute Gasteiger partial charge is 0.346 e. The van der Waals surface area contributed by atoms with Gasteiger partial charge in [0.2, 0.25) is 0 Å². The fraction of sp³-hybridized carbons (Fsp3) is 0.273. The lowest BCUT2D eigenvalue weighted by Crippen LogP contribution is -2.49. The zero-order chi connectivity index (χ0) is 20.9. The number of hydrogen-bond acceptors (Lipinski definition) is 3. The summed E-state index contributed by atoms with van der Waals surface area (Å²) in [7, 11) is 0. The van der Waals surface area contributed by atoms with Crippen LogP contribution in [0.1, 0.15) is 11.1 Å². The number of nitrogens with zero attached hydrogens (tertiary/aromatic N) is 4. The number of piperazine rings is 1. The van der Waals surface area contributed by atoms with Gasteiger partial charge in [-0.3, -0.25) is 9.58 Å². The van der Waals surface area contributed by atoms with Crippen molar-refractivity contribution in [1.82, 2.24) is 19.6 Å². The second-order valence-electron chi connectivity index (χ2n) is 7.34. The minimum Gasteiger partial charge on any atom is -0.346 e. The first-order chi connectivity index (χ1) is 14.6. The van der Waals surface area contributed by atoms with Crippen LogP contribution in [0.5, 0.6) is 0 Å². The third-order valence-corrected chi connectivity index (χ3v) is 6.50. The molecule has 0 amide bonds. The molecule has 1 saturated heterocycles. The predicted molar refractivity (Wildman–Crippen MR) is 130 cm³/mol. The molecule has 0 radical (unpaired) electrons. The number of rotatable bonds is 5. The molecular weight excluding hydrogens is 482 g/mol. The van der Waals surface area contributed by atoms with Gasteiger partial charge in [-0.25, -0.2) is 0 Å². The molecular formula is C22H23BrClN5S. The second-order valence-corrected chi connectivity index (χ2v) is 9.02. The summed E-state index contributed by atoms with van der Waals surface area (Å²) in [6.45, 7) is 5.41. The monoisotopic (exact) mass is 503 g/mol. The first kappa shape index (κ1) is 21.3. The summed E-state index contributed by atoms with van der Waals surface area (Å²) < 4.78 is 3.05. The van der Waals surface area contributed by atoms with Gasteiger partial charge in [-0.05, 0) is 41.5 Å². The summed E-state index contributed by atoms with van der Waals surface area (Å²) >= 11 is 15.3. The molecule has 5 nitrogen and oxygen atoms in total. The molecule has 8 heteroatoms. The van der Waals surface area contributed by atoms with Crippen LogP contribution < -0.4 is 5.32 Å². The Morgan fingerprint density at radius 1 is 1.07 bits per heavy atom. The van der Waals surface area contributed by atoms with Gasteiger partial charge < -0.3 is 10.2 Å². The molecule has 0 aliphatic carbocycles. The van der Waals surface area contributed by atoms with Crippen molar-refractivity contribution in [1.29, 1.82) is 0 Å². The van der Waals surface area contributed by atoms with Crippen molar-refractivity contribution in [2.24, 2.45) is 0 Å². The molecule has 0 atom stereocenters. The zero-order valence-electron chi connectivity index (χ0n) is 16.5. The molecule has 1 aliphatic rings. The highest BCUT2D eigenvalue weighted by molar-refractivity contribution is 9.10. The van der Waals surface area contributed by atoms with Gasteiger partial charge in [-0.2, -0.15) is 5.10 Å². The van der Waals surface area contributed by atoms with Crippen LogP contribution in [-0.4, -0.2) is 50.9 Å². The van der Waals surface area contributed by atoms with Crippen molar-refractivity contribution in [3.05, 3.63) is 81.5 Å². The summed E-state index contributed by atoms with van der Waals surface area (Å²) in [5.41, 5.74) is 3.33. The van der Waals surface area contributed by atoms with Crippen LogP contribution in [0.2, 0.25) is 5.02 Å². The van der Waals surface area contributed by atoms with Crippen LogP contribution in [0.3, 0.4) is 0 Å². The Morgan fingerprint density at radius 2 is 1.87 bits per heavy atom. The summed E-state index contributed by atoms with van der Waals surface area (Å²) in [5, 5.41) is 9.23. The molecule has 156 valence electrons. The SMILES string of the molecule is S=C(Nc1cnn(Cc2cccc(Cl)c2)c1)N1CCN(Cc2ccccc2Br)CC1. The van der Waals surface area contributed by atoms with E-state index in [0.717, 1.165) is 54.1 Å². The lowest BCUT2D eigenvalue weighted by molar-refractivity contribution is 0.176. The first-order valence-corrected chi connectivity index (χ1v) is 11.4. The van der Waals surface area contributed by atoms with Crippen molar-refractivity contribution in [3.8, 4) is 0 Å². The summed E-state index contributed by atoms with van der Waals surface area (Å²) in [4.78, 5) is 4.68. The fourth-order valence-electron chi connectivity index (χ4n) is 3.52. The molecule has 30 heavy (non-hydrogen) atoms. The van der Waals surface area contributed by atoms with E-state index in [1.165, 1.54) is 10.0 Å². The minimum atomic E-state index is 0.669. The number of halogens is 2. The van der Waals surface area contributed by atoms with Crippen molar-refractivity contribution >= 4 is 50.5 Å². The van der Waals surface area contributed by atoms with E-state index in [-0.39, 0.29) is 0 Å². The molecule has 2 heterocycles. The number of aromatic nitrogens is 2. The Morgan fingerprint density at radius 3 is 2.63 bits per heavy atom. The average Bonchev–Trinajstić information content (AvgIpc) is 3.17. The van der Waals surface area contributed by atoms with Gasteiger partial charge >= 0.3 is 0 Å². The quantitative estimate of drug-likeness (QED) is 0.502. The first-order valence-electron chi connectivity index (χ1n) is 9.85. The summed E-state index contributed by atoms with van der Waals surface area (Å²) in [5.74, 6) is 0. The van der Waals surface area contributed by atoms with Crippen LogP contribution in [0.4, 0.5) is 5.69 Å². The van der Waals surface area contributed by atoms with E-state index in [0.29, 0.717) is 6.54 Å². The summed E-state index contributed by atoms with van der Waals surface area (Å²) in [6.07, 6.45) is 3.77. The van der Waals surface area contributed by atoms with E-state index in [4.69, 9.17) is 23.8 Å². The van der Waals surface area contributed by atoms with Gasteiger partial charge in [-0.15, -0.1) is 0 Å². The van der Waals surface area contributed by atoms with E-state index < -0.39 is 0 Å². The molecule has 3 aromatic rings. The van der Waals surface area contributed by atoms with Crippen LogP contribution in [-0.2, 0) is 13.1 Å². The van der Waals surface area contributed by atoms with E-state index in [1.807, 2.05) is 41.2 Å². The Bertz CT molecular complexity index is 1020. The maximum absolute atomic E-state index is 6.06. The molecule has 1 fully saturated rings. The van der Waals surface area contributed by atoms with E-state index >= 15 is 0 Å². The fourth-order valence-corrected chi connectivity index (χ4v) is 4.44. The predicted octanol–water partition coefficient (Wildman–Crippen LogP) is 4.86. The lowest BCUT2D eigenvalue weighted by atomic mass is 10.2. The molecule has 1 aliphatic heterocycles. The Balaban J connectivity index is 1.27. The molecule has 0 bridgehead atoms. The normalized spacial score (nSPS) is 14.7. The van der Waals surface area contributed by atoms with Crippen molar-refractivity contribution in [2.75, 3.05) is 31.5 Å². The lowest BCUT2D eigenvalue weighted by Gasteiger charge is -2.36. The topological polar surface area (TPSA) is 36.3 Å². The van der Waals surface area contributed by atoms with E-state index in [1.54, 1.807) is 6.20 Å².